The van der Waals surface area contributed by atoms with Crippen molar-refractivity contribution in [3.8, 4) is 0 Å². The lowest BCUT2D eigenvalue weighted by Crippen LogP contribution is -2.46. The van der Waals surface area contributed by atoms with Gasteiger partial charge in [0.1, 0.15) is 5.76 Å². The lowest BCUT2D eigenvalue weighted by Gasteiger charge is -2.29. The Hall–Kier alpha value is -1.29. The van der Waals surface area contributed by atoms with Crippen LogP contribution >= 0.6 is 0 Å². The van der Waals surface area contributed by atoms with Gasteiger partial charge in [0.15, 0.2) is 0 Å². The van der Waals surface area contributed by atoms with Crippen molar-refractivity contribution in [2.75, 3.05) is 0 Å². The zero-order valence-electron chi connectivity index (χ0n) is 10.3. The quantitative estimate of drug-likeness (QED) is 0.868. The molecule has 1 fully saturated rings. The summed E-state index contributed by atoms with van der Waals surface area (Å²) in [5.41, 5.74) is 5.71. The molecule has 17 heavy (non-hydrogen) atoms. The first-order valence-corrected chi connectivity index (χ1v) is 6.27. The number of hydrogen-bond donors (Lipinski definition) is 1. The maximum absolute atomic E-state index is 12.1. The van der Waals surface area contributed by atoms with E-state index in [9.17, 15) is 4.79 Å². The summed E-state index contributed by atoms with van der Waals surface area (Å²) in [7, 11) is 0. The Bertz CT molecular complexity index is 354. The van der Waals surface area contributed by atoms with Crippen molar-refractivity contribution < 1.29 is 9.21 Å². The van der Waals surface area contributed by atoms with E-state index < -0.39 is 6.04 Å². The van der Waals surface area contributed by atoms with Crippen LogP contribution in [-0.2, 0) is 11.3 Å². The number of rotatable bonds is 4. The van der Waals surface area contributed by atoms with E-state index in [1.165, 1.54) is 12.8 Å². The fourth-order valence-corrected chi connectivity index (χ4v) is 2.43. The summed E-state index contributed by atoms with van der Waals surface area (Å²) in [6.45, 7) is 2.28. The number of carbonyl (C=O) groups excluding carboxylic acids is 1. The molecular formula is C13H20N2O2. The normalized spacial score (nSPS) is 18.2. The first-order chi connectivity index (χ1) is 8.18. The van der Waals surface area contributed by atoms with Crippen LogP contribution in [0.25, 0.3) is 0 Å². The molecule has 2 N–H and O–H groups in total. The van der Waals surface area contributed by atoms with Crippen LogP contribution in [0.1, 0.15) is 38.4 Å². The van der Waals surface area contributed by atoms with Gasteiger partial charge in [0.05, 0.1) is 18.8 Å². The zero-order chi connectivity index (χ0) is 12.3. The largest absolute Gasteiger partial charge is 0.467 e. The van der Waals surface area contributed by atoms with Crippen LogP contribution in [0.2, 0.25) is 0 Å². The second-order valence-electron chi connectivity index (χ2n) is 4.77. The fraction of sp³-hybridized carbons (Fsp3) is 0.615. The molecule has 1 heterocycles. The molecule has 1 aliphatic carbocycles. The Kier molecular flexibility index (Phi) is 3.84. The van der Waals surface area contributed by atoms with Crippen LogP contribution in [0.5, 0.6) is 0 Å². The van der Waals surface area contributed by atoms with Gasteiger partial charge >= 0.3 is 0 Å². The van der Waals surface area contributed by atoms with Gasteiger partial charge in [-0.05, 0) is 31.9 Å². The van der Waals surface area contributed by atoms with Gasteiger partial charge in [-0.1, -0.05) is 12.8 Å². The molecule has 1 aromatic heterocycles. The summed E-state index contributed by atoms with van der Waals surface area (Å²) in [5.74, 6) is 0.846. The van der Waals surface area contributed by atoms with Gasteiger partial charge < -0.3 is 15.1 Å². The summed E-state index contributed by atoms with van der Waals surface area (Å²) in [6.07, 6.45) is 6.20. The van der Waals surface area contributed by atoms with Crippen molar-refractivity contribution in [2.45, 2.75) is 51.2 Å². The summed E-state index contributed by atoms with van der Waals surface area (Å²) >= 11 is 0. The molecule has 1 aromatic rings. The zero-order valence-corrected chi connectivity index (χ0v) is 10.3. The van der Waals surface area contributed by atoms with E-state index in [0.717, 1.165) is 18.6 Å². The molecule has 1 saturated carbocycles. The predicted octanol–water partition coefficient (Wildman–Crippen LogP) is 1.90. The van der Waals surface area contributed by atoms with E-state index in [1.807, 2.05) is 17.0 Å². The number of amides is 1. The fourth-order valence-electron chi connectivity index (χ4n) is 2.43. The SMILES string of the molecule is C[C@H](N)C(=O)N(Cc1ccco1)C1CCCC1. The highest BCUT2D eigenvalue weighted by molar-refractivity contribution is 5.81. The molecule has 0 bridgehead atoms. The lowest BCUT2D eigenvalue weighted by molar-refractivity contribution is -0.135. The van der Waals surface area contributed by atoms with Crippen molar-refractivity contribution in [1.29, 1.82) is 0 Å². The Balaban J connectivity index is 2.08. The van der Waals surface area contributed by atoms with Crippen molar-refractivity contribution in [1.82, 2.24) is 4.90 Å². The van der Waals surface area contributed by atoms with Gasteiger partial charge in [0.2, 0.25) is 5.91 Å². The lowest BCUT2D eigenvalue weighted by atomic mass is 10.1. The minimum absolute atomic E-state index is 0.0216. The average molecular weight is 236 g/mol. The monoisotopic (exact) mass is 236 g/mol. The highest BCUT2D eigenvalue weighted by Gasteiger charge is 2.28. The predicted molar refractivity (Wildman–Crippen MR) is 65.2 cm³/mol. The van der Waals surface area contributed by atoms with Gasteiger partial charge in [-0.15, -0.1) is 0 Å². The smallest absolute Gasteiger partial charge is 0.239 e. The van der Waals surface area contributed by atoms with Crippen molar-refractivity contribution >= 4 is 5.91 Å². The number of nitrogens with zero attached hydrogens (tertiary/aromatic N) is 1. The molecule has 1 aliphatic rings. The maximum Gasteiger partial charge on any atom is 0.239 e. The highest BCUT2D eigenvalue weighted by Crippen LogP contribution is 2.25. The molecule has 0 saturated heterocycles. The Labute approximate surface area is 102 Å². The van der Waals surface area contributed by atoms with Gasteiger partial charge in [0, 0.05) is 6.04 Å². The van der Waals surface area contributed by atoms with Crippen LogP contribution in [0, 0.1) is 0 Å². The molecule has 0 aliphatic heterocycles. The van der Waals surface area contributed by atoms with E-state index in [4.69, 9.17) is 10.2 Å². The van der Waals surface area contributed by atoms with Gasteiger partial charge in [-0.2, -0.15) is 0 Å². The highest BCUT2D eigenvalue weighted by atomic mass is 16.3. The van der Waals surface area contributed by atoms with E-state index in [1.54, 1.807) is 13.2 Å². The molecule has 2 rings (SSSR count). The topological polar surface area (TPSA) is 59.5 Å². The molecule has 0 radical (unpaired) electrons. The average Bonchev–Trinajstić information content (AvgIpc) is 2.97. The first kappa shape index (κ1) is 12.2. The van der Waals surface area contributed by atoms with Crippen molar-refractivity contribution in [3.05, 3.63) is 24.2 Å². The van der Waals surface area contributed by atoms with Gasteiger partial charge in [-0.3, -0.25) is 4.79 Å². The summed E-state index contributed by atoms with van der Waals surface area (Å²) in [4.78, 5) is 14.0. The standard InChI is InChI=1S/C13H20N2O2/c1-10(14)13(16)15(11-5-2-3-6-11)9-12-7-4-8-17-12/h4,7-8,10-11H,2-3,5-6,9,14H2,1H3/t10-/m0/s1. The van der Waals surface area contributed by atoms with Crippen LogP contribution in [-0.4, -0.2) is 22.9 Å². The molecule has 94 valence electrons. The number of carbonyl (C=O) groups is 1. The van der Waals surface area contributed by atoms with E-state index in [-0.39, 0.29) is 5.91 Å². The Morgan fingerprint density at radius 3 is 2.82 bits per heavy atom. The molecule has 0 unspecified atom stereocenters. The van der Waals surface area contributed by atoms with E-state index in [0.29, 0.717) is 12.6 Å². The molecule has 0 aromatic carbocycles. The summed E-state index contributed by atoms with van der Waals surface area (Å²) < 4.78 is 5.32. The van der Waals surface area contributed by atoms with Crippen molar-refractivity contribution in [3.63, 3.8) is 0 Å². The van der Waals surface area contributed by atoms with Crippen LogP contribution in [0.4, 0.5) is 0 Å². The second-order valence-corrected chi connectivity index (χ2v) is 4.77. The first-order valence-electron chi connectivity index (χ1n) is 6.27. The maximum atomic E-state index is 12.1. The van der Waals surface area contributed by atoms with Crippen LogP contribution in [0.3, 0.4) is 0 Å². The Morgan fingerprint density at radius 2 is 2.29 bits per heavy atom. The molecule has 1 atom stereocenters. The molecular weight excluding hydrogens is 216 g/mol. The van der Waals surface area contributed by atoms with E-state index in [2.05, 4.69) is 0 Å². The second kappa shape index (κ2) is 5.36. The van der Waals surface area contributed by atoms with E-state index >= 15 is 0 Å². The van der Waals surface area contributed by atoms with Gasteiger partial charge in [-0.25, -0.2) is 0 Å². The number of hydrogen-bond acceptors (Lipinski definition) is 3. The Morgan fingerprint density at radius 1 is 1.59 bits per heavy atom. The summed E-state index contributed by atoms with van der Waals surface area (Å²) in [6, 6.07) is 3.64. The molecule has 0 spiro atoms. The third kappa shape index (κ3) is 2.88. The molecule has 4 heteroatoms. The molecule has 4 nitrogen and oxygen atoms in total. The van der Waals surface area contributed by atoms with Gasteiger partial charge in [0.25, 0.3) is 0 Å². The van der Waals surface area contributed by atoms with Crippen LogP contribution in [0.15, 0.2) is 22.8 Å². The molecule has 1 amide bonds. The minimum atomic E-state index is -0.439. The minimum Gasteiger partial charge on any atom is -0.467 e. The third-order valence-electron chi connectivity index (χ3n) is 3.34. The third-order valence-corrected chi connectivity index (χ3v) is 3.34. The number of nitrogens with two attached hydrogens (primary N) is 1. The van der Waals surface area contributed by atoms with Crippen LogP contribution < -0.4 is 5.73 Å². The van der Waals surface area contributed by atoms with Crippen molar-refractivity contribution in [2.24, 2.45) is 5.73 Å². The summed E-state index contributed by atoms with van der Waals surface area (Å²) in [5, 5.41) is 0. The number of furan rings is 1.